The van der Waals surface area contributed by atoms with Crippen LogP contribution in [0.2, 0.25) is 0 Å². The van der Waals surface area contributed by atoms with Crippen LogP contribution in [0.5, 0.6) is 0 Å². The fourth-order valence-electron chi connectivity index (χ4n) is 8.67. The molecule has 0 unspecified atom stereocenters. The zero-order chi connectivity index (χ0) is 35.6. The van der Waals surface area contributed by atoms with E-state index in [4.69, 9.17) is 4.42 Å². The highest BCUT2D eigenvalue weighted by atomic mass is 16.3. The fraction of sp³-hybridized carbons (Fsp3) is 0.0385. The molecule has 54 heavy (non-hydrogen) atoms. The highest BCUT2D eigenvalue weighted by Crippen LogP contribution is 2.48. The van der Waals surface area contributed by atoms with Crippen molar-refractivity contribution >= 4 is 88.6 Å². The second kappa shape index (κ2) is 12.3. The summed E-state index contributed by atoms with van der Waals surface area (Å²) in [5, 5.41) is 11.6. The van der Waals surface area contributed by atoms with Crippen molar-refractivity contribution in [3.05, 3.63) is 203 Å². The minimum Gasteiger partial charge on any atom is -0.455 e. The van der Waals surface area contributed by atoms with Crippen molar-refractivity contribution < 1.29 is 4.42 Å². The van der Waals surface area contributed by atoms with Gasteiger partial charge in [-0.25, -0.2) is 0 Å². The summed E-state index contributed by atoms with van der Waals surface area (Å²) in [7, 11) is 0. The van der Waals surface area contributed by atoms with Gasteiger partial charge in [-0.1, -0.05) is 145 Å². The summed E-state index contributed by atoms with van der Waals surface area (Å²) in [5.41, 5.74) is 17.0. The predicted octanol–water partition coefficient (Wildman–Crippen LogP) is 12.4. The topological polar surface area (TPSA) is 16.4 Å². The normalized spacial score (nSPS) is 13.7. The van der Waals surface area contributed by atoms with E-state index >= 15 is 0 Å². The van der Waals surface area contributed by atoms with Crippen LogP contribution in [0, 0.1) is 0 Å². The summed E-state index contributed by atoms with van der Waals surface area (Å²) >= 11 is 0. The van der Waals surface area contributed by atoms with E-state index in [9.17, 15) is 0 Å². The van der Waals surface area contributed by atoms with Crippen molar-refractivity contribution in [1.82, 2.24) is 0 Å². The van der Waals surface area contributed by atoms with Gasteiger partial charge in [0.25, 0.3) is 0 Å². The molecule has 0 radical (unpaired) electrons. The maximum Gasteiger partial charge on any atom is 0.145 e. The molecule has 0 saturated heterocycles. The van der Waals surface area contributed by atoms with Gasteiger partial charge in [-0.3, -0.25) is 0 Å². The molecule has 0 atom stereocenters. The molecule has 0 bridgehead atoms. The van der Waals surface area contributed by atoms with E-state index in [0.717, 1.165) is 73.1 Å². The summed E-state index contributed by atoms with van der Waals surface area (Å²) in [6, 6.07) is 56.6. The maximum atomic E-state index is 6.73. The number of benzene rings is 8. The van der Waals surface area contributed by atoms with Gasteiger partial charge in [-0.05, 0) is 104 Å². The fourth-order valence-corrected chi connectivity index (χ4v) is 8.67. The number of para-hydroxylation sites is 2. The zero-order valence-electron chi connectivity index (χ0n) is 29.5. The lowest BCUT2D eigenvalue weighted by atomic mass is 9.84. The number of hydrogen-bond donors (Lipinski definition) is 0. The van der Waals surface area contributed by atoms with Crippen LogP contribution in [0.1, 0.15) is 24.0 Å². The summed E-state index contributed by atoms with van der Waals surface area (Å²) in [6.45, 7) is 0. The molecule has 2 heteroatoms. The van der Waals surface area contributed by atoms with Gasteiger partial charge in [0, 0.05) is 21.6 Å². The van der Waals surface area contributed by atoms with Crippen molar-refractivity contribution in [3.63, 3.8) is 0 Å². The summed E-state index contributed by atoms with van der Waals surface area (Å²) in [5.74, 6) is 0. The standard InChI is InChI=1S/C52H33NO/c1-2-16-35-31-38(30-29-34(35)15-1)53(49-33-37-18-4-6-20-40(37)52-51(49)46-26-12-14-28-50(46)54-52)48-27-13-11-25-45(48)42-22-8-10-24-44(42)47-32-36-17-3-5-19-39(36)41-21-7-9-23-43(41)47/h1-7,9-21,23-28,31-33H,8,22H2. The van der Waals surface area contributed by atoms with Gasteiger partial charge in [-0.15, -0.1) is 0 Å². The van der Waals surface area contributed by atoms with Crippen LogP contribution in [-0.2, 0) is 0 Å². The van der Waals surface area contributed by atoms with Gasteiger partial charge >= 0.3 is 0 Å². The van der Waals surface area contributed by atoms with E-state index in [2.05, 4.69) is 186 Å². The number of rotatable bonds is 5. The Hall–Kier alpha value is -7.08. The smallest absolute Gasteiger partial charge is 0.145 e. The van der Waals surface area contributed by atoms with Crippen LogP contribution >= 0.6 is 0 Å². The van der Waals surface area contributed by atoms with E-state index in [1.807, 2.05) is 6.07 Å². The van der Waals surface area contributed by atoms with E-state index in [0.29, 0.717) is 0 Å². The summed E-state index contributed by atoms with van der Waals surface area (Å²) in [4.78, 5) is 2.40. The number of allylic oxidation sites excluding steroid dienone is 5. The quantitative estimate of drug-likeness (QED) is 0.132. The molecule has 252 valence electrons. The van der Waals surface area contributed by atoms with Crippen molar-refractivity contribution in [2.75, 3.05) is 4.90 Å². The maximum absolute atomic E-state index is 6.73. The van der Waals surface area contributed by atoms with Gasteiger partial charge in [0.2, 0.25) is 0 Å². The Morgan fingerprint density at radius 2 is 1.22 bits per heavy atom. The Balaban J connectivity index is 1.25. The number of hydrogen-bond acceptors (Lipinski definition) is 2. The van der Waals surface area contributed by atoms with Crippen molar-refractivity contribution in [3.8, 4) is 0 Å². The van der Waals surface area contributed by atoms with Crippen molar-refractivity contribution in [1.29, 1.82) is 0 Å². The summed E-state index contributed by atoms with van der Waals surface area (Å²) in [6.07, 6.45) is 8.83. The Morgan fingerprint density at radius 3 is 2.11 bits per heavy atom. The molecular formula is C52H33NO. The molecule has 0 amide bonds. The molecule has 0 saturated carbocycles. The van der Waals surface area contributed by atoms with Crippen LogP contribution in [0.4, 0.5) is 11.4 Å². The molecule has 1 heterocycles. The first-order valence-corrected chi connectivity index (χ1v) is 18.7. The second-order valence-electron chi connectivity index (χ2n) is 14.2. The lowest BCUT2D eigenvalue weighted by Crippen LogP contribution is -2.27. The molecule has 2 aliphatic rings. The molecule has 8 aromatic carbocycles. The Morgan fingerprint density at radius 1 is 0.537 bits per heavy atom. The molecule has 0 N–H and O–H groups in total. The first-order chi connectivity index (χ1) is 26.8. The van der Waals surface area contributed by atoms with Crippen LogP contribution in [-0.4, -0.2) is 0 Å². The van der Waals surface area contributed by atoms with Crippen molar-refractivity contribution in [2.45, 2.75) is 12.8 Å². The third-order valence-corrected chi connectivity index (χ3v) is 11.1. The molecule has 0 aliphatic heterocycles. The highest BCUT2D eigenvalue weighted by molar-refractivity contribution is 6.22. The second-order valence-corrected chi connectivity index (χ2v) is 14.2. The van der Waals surface area contributed by atoms with Gasteiger partial charge in [0.1, 0.15) is 11.2 Å². The van der Waals surface area contributed by atoms with E-state index in [1.54, 1.807) is 0 Å². The van der Waals surface area contributed by atoms with Crippen LogP contribution in [0.3, 0.4) is 0 Å². The number of furan rings is 1. The Bertz CT molecular complexity index is 3310. The van der Waals surface area contributed by atoms with Crippen LogP contribution in [0.15, 0.2) is 186 Å². The zero-order valence-corrected chi connectivity index (χ0v) is 29.5. The first-order valence-electron chi connectivity index (χ1n) is 18.7. The van der Waals surface area contributed by atoms with Gasteiger partial charge in [0.15, 0.2) is 0 Å². The lowest BCUT2D eigenvalue weighted by molar-refractivity contribution is 0.672. The molecule has 2 nitrogen and oxygen atoms in total. The van der Waals surface area contributed by atoms with E-state index < -0.39 is 0 Å². The Kier molecular flexibility index (Phi) is 6.94. The third kappa shape index (κ3) is 4.76. The van der Waals surface area contributed by atoms with Crippen LogP contribution < -0.4 is 15.3 Å². The third-order valence-electron chi connectivity index (χ3n) is 11.1. The molecule has 1 aromatic heterocycles. The number of fused-ring (bicyclic) bond motifs is 9. The first kappa shape index (κ1) is 30.5. The van der Waals surface area contributed by atoms with Crippen molar-refractivity contribution in [2.24, 2.45) is 0 Å². The monoisotopic (exact) mass is 687 g/mol. The SMILES string of the molecule is C1=C=c2ccccc2=CC=1N(c1ccccc1C1=C(c2cc3ccccc3c3ccccc23)C=CCC1)c1cc2ccccc2c2oc3ccccc3c12. The van der Waals surface area contributed by atoms with E-state index in [-0.39, 0.29) is 0 Å². The molecule has 11 rings (SSSR count). The van der Waals surface area contributed by atoms with E-state index in [1.165, 1.54) is 43.8 Å². The molecule has 2 aliphatic carbocycles. The summed E-state index contributed by atoms with van der Waals surface area (Å²) < 4.78 is 6.73. The lowest BCUT2D eigenvalue weighted by Gasteiger charge is -2.30. The number of nitrogens with zero attached hydrogens (tertiary/aromatic N) is 1. The van der Waals surface area contributed by atoms with Gasteiger partial charge < -0.3 is 9.32 Å². The predicted molar refractivity (Wildman–Crippen MR) is 227 cm³/mol. The average Bonchev–Trinajstić information content (AvgIpc) is 3.64. The van der Waals surface area contributed by atoms with Gasteiger partial charge in [-0.2, -0.15) is 0 Å². The average molecular weight is 688 g/mol. The van der Waals surface area contributed by atoms with Gasteiger partial charge in [0.05, 0.1) is 22.5 Å². The molecule has 0 fully saturated rings. The number of anilines is 2. The highest BCUT2D eigenvalue weighted by Gasteiger charge is 2.26. The minimum absolute atomic E-state index is 0.873. The largest absolute Gasteiger partial charge is 0.455 e. The van der Waals surface area contributed by atoms with Crippen LogP contribution in [0.25, 0.3) is 77.2 Å². The molecule has 0 spiro atoms. The molecular weight excluding hydrogens is 655 g/mol. The minimum atomic E-state index is 0.873. The Labute approximate surface area is 312 Å². The molecule has 9 aromatic rings.